The highest BCUT2D eigenvalue weighted by Gasteiger charge is 2.18. The van der Waals surface area contributed by atoms with Gasteiger partial charge in [0.25, 0.3) is 0 Å². The molecule has 0 N–H and O–H groups in total. The summed E-state index contributed by atoms with van der Waals surface area (Å²) in [5.74, 6) is 4.99. The van der Waals surface area contributed by atoms with Crippen LogP contribution in [-0.4, -0.2) is 21.0 Å². The maximum atomic E-state index is 6.26. The molecule has 0 radical (unpaired) electrons. The van der Waals surface area contributed by atoms with Gasteiger partial charge in [0.15, 0.2) is 23.0 Å². The van der Waals surface area contributed by atoms with Crippen molar-refractivity contribution in [3.8, 4) is 23.0 Å². The summed E-state index contributed by atoms with van der Waals surface area (Å²) < 4.78 is 27.9. The summed E-state index contributed by atoms with van der Waals surface area (Å²) >= 11 is 0. The molecule has 0 saturated carbocycles. The summed E-state index contributed by atoms with van der Waals surface area (Å²) in [6.45, 7) is 4.50. The monoisotopic (exact) mass is 380 g/mol. The largest absolute Gasteiger partial charge is 0.493 e. The Morgan fingerprint density at radius 3 is 2.04 bits per heavy atom. The fraction of sp³-hybridized carbons (Fsp3) is 0.304. The van der Waals surface area contributed by atoms with Crippen molar-refractivity contribution in [2.24, 2.45) is 0 Å². The Morgan fingerprint density at radius 2 is 1.36 bits per heavy atom. The number of fused-ring (bicyclic) bond motifs is 1. The lowest BCUT2D eigenvalue weighted by Gasteiger charge is -2.09. The molecule has 0 amide bonds. The third-order valence-corrected chi connectivity index (χ3v) is 5.26. The summed E-state index contributed by atoms with van der Waals surface area (Å²) in [4.78, 5) is 0. The van der Waals surface area contributed by atoms with Crippen molar-refractivity contribution < 1.29 is 23.4 Å². The Kier molecular flexibility index (Phi) is 4.90. The fourth-order valence-corrected chi connectivity index (χ4v) is 3.47. The lowest BCUT2D eigenvalue weighted by Crippen LogP contribution is -1.94. The standard InChI is InChI=1S/C23H24O5/c1-14-15(2)21(10-17-6-8-19-23(12-17)27-13-26-19)28-20(14)9-16-5-7-18(24-3)22(11-16)25-4/h5-8,11-12H,9-10,13H2,1-4H3. The molecule has 0 aliphatic carbocycles. The minimum atomic E-state index is 0.285. The Morgan fingerprint density at radius 1 is 0.750 bits per heavy atom. The minimum Gasteiger partial charge on any atom is -0.493 e. The molecule has 4 rings (SSSR count). The second kappa shape index (κ2) is 7.50. The van der Waals surface area contributed by atoms with E-state index in [2.05, 4.69) is 19.9 Å². The first-order valence-electron chi connectivity index (χ1n) is 9.26. The highest BCUT2D eigenvalue weighted by Crippen LogP contribution is 2.34. The van der Waals surface area contributed by atoms with Crippen LogP contribution in [-0.2, 0) is 12.8 Å². The summed E-state index contributed by atoms with van der Waals surface area (Å²) in [5, 5.41) is 0. The molecule has 0 unspecified atom stereocenters. The van der Waals surface area contributed by atoms with E-state index in [1.54, 1.807) is 14.2 Å². The number of rotatable bonds is 6. The van der Waals surface area contributed by atoms with Crippen LogP contribution in [0.15, 0.2) is 40.8 Å². The van der Waals surface area contributed by atoms with Crippen LogP contribution in [0.25, 0.3) is 0 Å². The summed E-state index contributed by atoms with van der Waals surface area (Å²) in [6.07, 6.45) is 1.42. The predicted molar refractivity (Wildman–Crippen MR) is 106 cm³/mol. The highest BCUT2D eigenvalue weighted by atomic mass is 16.7. The summed E-state index contributed by atoms with van der Waals surface area (Å²) in [7, 11) is 3.29. The van der Waals surface area contributed by atoms with Gasteiger partial charge in [-0.25, -0.2) is 0 Å². The maximum Gasteiger partial charge on any atom is 0.231 e. The molecule has 0 fully saturated rings. The van der Waals surface area contributed by atoms with E-state index in [4.69, 9.17) is 23.4 Å². The summed E-state index contributed by atoms with van der Waals surface area (Å²) in [6, 6.07) is 12.0. The van der Waals surface area contributed by atoms with E-state index in [1.807, 2.05) is 30.3 Å². The van der Waals surface area contributed by atoms with Gasteiger partial charge in [-0.05, 0) is 60.4 Å². The van der Waals surface area contributed by atoms with Crippen LogP contribution < -0.4 is 18.9 Å². The van der Waals surface area contributed by atoms with Crippen LogP contribution in [0.5, 0.6) is 23.0 Å². The van der Waals surface area contributed by atoms with Gasteiger partial charge in [0.2, 0.25) is 6.79 Å². The van der Waals surface area contributed by atoms with E-state index in [0.29, 0.717) is 6.42 Å². The van der Waals surface area contributed by atoms with E-state index in [9.17, 15) is 0 Å². The highest BCUT2D eigenvalue weighted by molar-refractivity contribution is 5.47. The lowest BCUT2D eigenvalue weighted by atomic mass is 10.0. The molecular formula is C23H24O5. The first kappa shape index (κ1) is 18.3. The zero-order valence-corrected chi connectivity index (χ0v) is 16.6. The van der Waals surface area contributed by atoms with E-state index < -0.39 is 0 Å². The molecular weight excluding hydrogens is 356 g/mol. The van der Waals surface area contributed by atoms with Gasteiger partial charge in [-0.2, -0.15) is 0 Å². The number of furan rings is 1. The third kappa shape index (κ3) is 3.40. The van der Waals surface area contributed by atoms with Crippen LogP contribution in [0, 0.1) is 13.8 Å². The zero-order chi connectivity index (χ0) is 19.7. The first-order chi connectivity index (χ1) is 13.6. The Labute approximate surface area is 164 Å². The molecule has 2 heterocycles. The second-order valence-electron chi connectivity index (χ2n) is 6.93. The molecule has 2 aromatic carbocycles. The fourth-order valence-electron chi connectivity index (χ4n) is 3.47. The average molecular weight is 380 g/mol. The van der Waals surface area contributed by atoms with E-state index in [-0.39, 0.29) is 6.79 Å². The smallest absolute Gasteiger partial charge is 0.231 e. The zero-order valence-electron chi connectivity index (χ0n) is 16.6. The molecule has 1 aliphatic rings. The average Bonchev–Trinajstić information content (AvgIpc) is 3.28. The second-order valence-corrected chi connectivity index (χ2v) is 6.93. The maximum absolute atomic E-state index is 6.26. The van der Waals surface area contributed by atoms with Crippen LogP contribution in [0.1, 0.15) is 33.8 Å². The van der Waals surface area contributed by atoms with Gasteiger partial charge < -0.3 is 23.4 Å². The van der Waals surface area contributed by atoms with E-state index in [1.165, 1.54) is 11.1 Å². The quantitative estimate of drug-likeness (QED) is 0.613. The topological polar surface area (TPSA) is 50.1 Å². The van der Waals surface area contributed by atoms with Crippen LogP contribution >= 0.6 is 0 Å². The van der Waals surface area contributed by atoms with Crippen LogP contribution in [0.3, 0.4) is 0 Å². The Hall–Kier alpha value is -3.08. The minimum absolute atomic E-state index is 0.285. The molecule has 0 spiro atoms. The number of hydrogen-bond acceptors (Lipinski definition) is 5. The van der Waals surface area contributed by atoms with Crippen molar-refractivity contribution in [1.82, 2.24) is 0 Å². The third-order valence-electron chi connectivity index (χ3n) is 5.26. The molecule has 146 valence electrons. The summed E-state index contributed by atoms with van der Waals surface area (Å²) in [5.41, 5.74) is 4.63. The normalized spacial score (nSPS) is 12.3. The van der Waals surface area contributed by atoms with Gasteiger partial charge in [0.1, 0.15) is 11.5 Å². The Balaban J connectivity index is 1.57. The Bertz CT molecular complexity index is 1000. The van der Waals surface area contributed by atoms with Gasteiger partial charge >= 0.3 is 0 Å². The van der Waals surface area contributed by atoms with Crippen LogP contribution in [0.4, 0.5) is 0 Å². The van der Waals surface area contributed by atoms with Gasteiger partial charge in [0.05, 0.1) is 14.2 Å². The van der Waals surface area contributed by atoms with Crippen LogP contribution in [0.2, 0.25) is 0 Å². The first-order valence-corrected chi connectivity index (χ1v) is 9.26. The molecule has 5 heteroatoms. The lowest BCUT2D eigenvalue weighted by molar-refractivity contribution is 0.174. The van der Waals surface area contributed by atoms with Gasteiger partial charge in [0, 0.05) is 12.8 Å². The van der Waals surface area contributed by atoms with Gasteiger partial charge in [-0.1, -0.05) is 12.1 Å². The number of hydrogen-bond donors (Lipinski definition) is 0. The molecule has 0 bridgehead atoms. The van der Waals surface area contributed by atoms with Crippen molar-refractivity contribution in [3.05, 3.63) is 70.2 Å². The number of ether oxygens (including phenoxy) is 4. The number of methoxy groups -OCH3 is 2. The van der Waals surface area contributed by atoms with Gasteiger partial charge in [-0.15, -0.1) is 0 Å². The molecule has 3 aromatic rings. The predicted octanol–water partition coefficient (Wildman–Crippen LogP) is 4.82. The van der Waals surface area contributed by atoms with Crippen molar-refractivity contribution in [1.29, 1.82) is 0 Å². The SMILES string of the molecule is COc1ccc(Cc2oc(Cc3ccc4c(c3)OCO4)c(C)c2C)cc1OC. The number of benzene rings is 2. The van der Waals surface area contributed by atoms with Crippen molar-refractivity contribution in [2.75, 3.05) is 21.0 Å². The molecule has 5 nitrogen and oxygen atoms in total. The molecule has 28 heavy (non-hydrogen) atoms. The van der Waals surface area contributed by atoms with Crippen molar-refractivity contribution in [2.45, 2.75) is 26.7 Å². The van der Waals surface area contributed by atoms with E-state index in [0.717, 1.165) is 52.1 Å². The molecule has 1 aromatic heterocycles. The van der Waals surface area contributed by atoms with Crippen molar-refractivity contribution >= 4 is 0 Å². The molecule has 0 saturated heterocycles. The molecule has 0 atom stereocenters. The van der Waals surface area contributed by atoms with Gasteiger partial charge in [-0.3, -0.25) is 0 Å². The van der Waals surface area contributed by atoms with E-state index >= 15 is 0 Å². The van der Waals surface area contributed by atoms with Crippen molar-refractivity contribution in [3.63, 3.8) is 0 Å². The molecule has 1 aliphatic heterocycles.